The zero-order chi connectivity index (χ0) is 20.1. The Morgan fingerprint density at radius 3 is 2.64 bits per heavy atom. The Labute approximate surface area is 165 Å². The van der Waals surface area contributed by atoms with Crippen LogP contribution in [-0.2, 0) is 21.8 Å². The van der Waals surface area contributed by atoms with E-state index < -0.39 is 15.8 Å². The Kier molecular flexibility index (Phi) is 6.71. The van der Waals surface area contributed by atoms with Gasteiger partial charge in [0.2, 0.25) is 10.0 Å². The molecule has 154 valence electrons. The van der Waals surface area contributed by atoms with Crippen molar-refractivity contribution in [3.8, 4) is 5.75 Å². The number of benzene rings is 1. The normalized spacial score (nSPS) is 16.8. The Morgan fingerprint density at radius 2 is 2.04 bits per heavy atom. The maximum atomic E-state index is 14.1. The molecule has 2 aromatic rings. The first-order chi connectivity index (χ1) is 13.4. The van der Waals surface area contributed by atoms with Crippen LogP contribution in [0.2, 0.25) is 0 Å². The largest absolute Gasteiger partial charge is 0.491 e. The lowest BCUT2D eigenvalue weighted by Crippen LogP contribution is -2.44. The first-order valence-corrected chi connectivity index (χ1v) is 10.8. The van der Waals surface area contributed by atoms with Crippen LogP contribution in [0.5, 0.6) is 5.75 Å². The van der Waals surface area contributed by atoms with Gasteiger partial charge in [-0.25, -0.2) is 17.5 Å². The van der Waals surface area contributed by atoms with Crippen LogP contribution < -0.4 is 9.46 Å². The molecule has 0 saturated carbocycles. The first kappa shape index (κ1) is 20.8. The fourth-order valence-electron chi connectivity index (χ4n) is 3.32. The molecule has 0 radical (unpaired) electrons. The summed E-state index contributed by atoms with van der Waals surface area (Å²) >= 11 is 0. The monoisotopic (exact) mass is 411 g/mol. The van der Waals surface area contributed by atoms with Gasteiger partial charge in [0.1, 0.15) is 0 Å². The fourth-order valence-corrected chi connectivity index (χ4v) is 4.37. The van der Waals surface area contributed by atoms with E-state index in [2.05, 4.69) is 9.62 Å². The standard InChI is InChI=1S/C19H26FN3O4S/c1-3-27-19-7-6-15(13-16(19)20)28(24,25)21-14-18(17-5-4-8-22(17)2)23-9-11-26-12-10-23/h4-8,13,18,21H,3,9-12,14H2,1-2H3. The number of halogens is 1. The molecular weight excluding hydrogens is 385 g/mol. The topological polar surface area (TPSA) is 72.8 Å². The number of ether oxygens (including phenoxy) is 2. The zero-order valence-electron chi connectivity index (χ0n) is 16.1. The average molecular weight is 411 g/mol. The highest BCUT2D eigenvalue weighted by Gasteiger charge is 2.27. The zero-order valence-corrected chi connectivity index (χ0v) is 16.9. The van der Waals surface area contributed by atoms with Crippen molar-refractivity contribution >= 4 is 10.0 Å². The van der Waals surface area contributed by atoms with Crippen molar-refractivity contribution in [3.05, 3.63) is 48.0 Å². The van der Waals surface area contributed by atoms with Crippen LogP contribution in [-0.4, -0.2) is 57.3 Å². The lowest BCUT2D eigenvalue weighted by atomic mass is 10.1. The van der Waals surface area contributed by atoms with Crippen molar-refractivity contribution < 1.29 is 22.3 Å². The van der Waals surface area contributed by atoms with E-state index in [9.17, 15) is 12.8 Å². The molecule has 1 fully saturated rings. The van der Waals surface area contributed by atoms with Gasteiger partial charge in [0, 0.05) is 38.6 Å². The molecule has 1 atom stereocenters. The molecule has 0 spiro atoms. The minimum atomic E-state index is -3.86. The molecule has 1 saturated heterocycles. The molecule has 1 aromatic carbocycles. The number of nitrogens with one attached hydrogen (secondary N) is 1. The van der Waals surface area contributed by atoms with E-state index in [1.165, 1.54) is 12.1 Å². The predicted molar refractivity (Wildman–Crippen MR) is 103 cm³/mol. The van der Waals surface area contributed by atoms with Gasteiger partial charge in [-0.2, -0.15) is 0 Å². The second kappa shape index (κ2) is 9.04. The van der Waals surface area contributed by atoms with Gasteiger partial charge in [0.15, 0.2) is 11.6 Å². The smallest absolute Gasteiger partial charge is 0.240 e. The number of nitrogens with zero attached hydrogens (tertiary/aromatic N) is 2. The summed E-state index contributed by atoms with van der Waals surface area (Å²) in [5, 5.41) is 0. The highest BCUT2D eigenvalue weighted by Crippen LogP contribution is 2.24. The lowest BCUT2D eigenvalue weighted by Gasteiger charge is -2.34. The third-order valence-electron chi connectivity index (χ3n) is 4.79. The predicted octanol–water partition coefficient (Wildman–Crippen LogP) is 1.91. The highest BCUT2D eigenvalue weighted by molar-refractivity contribution is 7.89. The third kappa shape index (κ3) is 4.72. The van der Waals surface area contributed by atoms with Crippen molar-refractivity contribution in [3.63, 3.8) is 0 Å². The van der Waals surface area contributed by atoms with Crippen LogP contribution in [0.15, 0.2) is 41.4 Å². The molecule has 1 unspecified atom stereocenters. The summed E-state index contributed by atoms with van der Waals surface area (Å²) in [6.07, 6.45) is 1.93. The summed E-state index contributed by atoms with van der Waals surface area (Å²) in [6, 6.07) is 7.43. The molecule has 9 heteroatoms. The van der Waals surface area contributed by atoms with Gasteiger partial charge in [0.05, 0.1) is 30.8 Å². The van der Waals surface area contributed by atoms with E-state index in [1.807, 2.05) is 29.9 Å². The van der Waals surface area contributed by atoms with Gasteiger partial charge < -0.3 is 14.0 Å². The Hall–Kier alpha value is -1.94. The van der Waals surface area contributed by atoms with Crippen LogP contribution in [0.4, 0.5) is 4.39 Å². The van der Waals surface area contributed by atoms with E-state index in [1.54, 1.807) is 6.92 Å². The molecule has 2 heterocycles. The van der Waals surface area contributed by atoms with Crippen LogP contribution in [0.3, 0.4) is 0 Å². The summed E-state index contributed by atoms with van der Waals surface area (Å²) in [5.41, 5.74) is 1.00. The van der Waals surface area contributed by atoms with Gasteiger partial charge in [0.25, 0.3) is 0 Å². The average Bonchev–Trinajstić information content (AvgIpc) is 3.10. The van der Waals surface area contributed by atoms with Crippen molar-refractivity contribution in [2.45, 2.75) is 17.9 Å². The van der Waals surface area contributed by atoms with Gasteiger partial charge >= 0.3 is 0 Å². The second-order valence-corrected chi connectivity index (χ2v) is 8.35. The maximum absolute atomic E-state index is 14.1. The summed E-state index contributed by atoms with van der Waals surface area (Å²) in [5.74, 6) is -0.659. The molecule has 1 aliphatic rings. The van der Waals surface area contributed by atoms with Gasteiger partial charge in [-0.3, -0.25) is 4.90 Å². The van der Waals surface area contributed by atoms with Crippen LogP contribution in [0, 0.1) is 5.82 Å². The summed E-state index contributed by atoms with van der Waals surface area (Å²) < 4.78 is 54.7. The lowest BCUT2D eigenvalue weighted by molar-refractivity contribution is 0.0158. The third-order valence-corrected chi connectivity index (χ3v) is 6.21. The Morgan fingerprint density at radius 1 is 1.29 bits per heavy atom. The highest BCUT2D eigenvalue weighted by atomic mass is 32.2. The van der Waals surface area contributed by atoms with E-state index in [0.29, 0.717) is 19.8 Å². The number of aryl methyl sites for hydroxylation is 1. The van der Waals surface area contributed by atoms with E-state index in [4.69, 9.17) is 9.47 Å². The van der Waals surface area contributed by atoms with Gasteiger partial charge in [-0.15, -0.1) is 0 Å². The van der Waals surface area contributed by atoms with Crippen molar-refractivity contribution in [1.29, 1.82) is 0 Å². The molecule has 3 rings (SSSR count). The molecule has 1 aliphatic heterocycles. The number of hydrogen-bond acceptors (Lipinski definition) is 5. The molecule has 28 heavy (non-hydrogen) atoms. The van der Waals surface area contributed by atoms with E-state index >= 15 is 0 Å². The minimum Gasteiger partial charge on any atom is -0.491 e. The quantitative estimate of drug-likeness (QED) is 0.719. The van der Waals surface area contributed by atoms with Crippen LogP contribution in [0.25, 0.3) is 0 Å². The van der Waals surface area contributed by atoms with Crippen molar-refractivity contribution in [1.82, 2.24) is 14.2 Å². The fraction of sp³-hybridized carbons (Fsp3) is 0.474. The van der Waals surface area contributed by atoms with Crippen LogP contribution in [0.1, 0.15) is 18.7 Å². The second-order valence-electron chi connectivity index (χ2n) is 6.59. The van der Waals surface area contributed by atoms with Crippen molar-refractivity contribution in [2.24, 2.45) is 7.05 Å². The number of sulfonamides is 1. The summed E-state index contributed by atoms with van der Waals surface area (Å²) in [6.45, 7) is 4.87. The molecule has 1 N–H and O–H groups in total. The molecule has 0 aliphatic carbocycles. The number of hydrogen-bond donors (Lipinski definition) is 1. The van der Waals surface area contributed by atoms with Gasteiger partial charge in [-0.05, 0) is 37.3 Å². The van der Waals surface area contributed by atoms with Crippen molar-refractivity contribution in [2.75, 3.05) is 39.5 Å². The molecule has 0 amide bonds. The van der Waals surface area contributed by atoms with E-state index in [0.717, 1.165) is 24.8 Å². The Balaban J connectivity index is 1.78. The number of rotatable bonds is 8. The molecule has 0 bridgehead atoms. The van der Waals surface area contributed by atoms with E-state index in [-0.39, 0.29) is 23.2 Å². The van der Waals surface area contributed by atoms with Gasteiger partial charge in [-0.1, -0.05) is 0 Å². The number of aromatic nitrogens is 1. The first-order valence-electron chi connectivity index (χ1n) is 9.27. The van der Waals surface area contributed by atoms with Crippen LogP contribution >= 0.6 is 0 Å². The summed E-state index contributed by atoms with van der Waals surface area (Å²) in [7, 11) is -1.94. The SMILES string of the molecule is CCOc1ccc(S(=O)(=O)NCC(c2cccn2C)N2CCOCC2)cc1F. The Bertz CT molecular complexity index is 894. The minimum absolute atomic E-state index is 0.0384. The molecule has 7 nitrogen and oxygen atoms in total. The molecular formula is C19H26FN3O4S. The number of morpholine rings is 1. The molecule has 1 aromatic heterocycles. The summed E-state index contributed by atoms with van der Waals surface area (Å²) in [4.78, 5) is 2.07. The maximum Gasteiger partial charge on any atom is 0.240 e.